The van der Waals surface area contributed by atoms with Crippen LogP contribution in [0.5, 0.6) is 5.75 Å². The van der Waals surface area contributed by atoms with E-state index in [0.29, 0.717) is 30.5 Å². The van der Waals surface area contributed by atoms with E-state index in [0.717, 1.165) is 5.69 Å². The lowest BCUT2D eigenvalue weighted by Gasteiger charge is -2.40. The fraction of sp³-hybridized carbons (Fsp3) is 0.500. The molecule has 1 aliphatic rings. The van der Waals surface area contributed by atoms with Crippen LogP contribution in [0.25, 0.3) is 0 Å². The van der Waals surface area contributed by atoms with E-state index in [2.05, 4.69) is 5.32 Å². The minimum absolute atomic E-state index is 0.114. The first-order chi connectivity index (χ1) is 8.21. The second kappa shape index (κ2) is 5.12. The van der Waals surface area contributed by atoms with E-state index in [1.807, 2.05) is 12.1 Å². The Morgan fingerprint density at radius 3 is 2.82 bits per heavy atom. The SMILES string of the molecule is COc1c(Cl)cccc1NCC1(CO)COC1. The van der Waals surface area contributed by atoms with E-state index < -0.39 is 0 Å². The number of methoxy groups -OCH3 is 1. The fourth-order valence-electron chi connectivity index (χ4n) is 1.78. The molecule has 0 spiro atoms. The molecule has 1 saturated heterocycles. The Labute approximate surface area is 105 Å². The molecule has 0 saturated carbocycles. The van der Waals surface area contributed by atoms with Crippen molar-refractivity contribution in [1.29, 1.82) is 0 Å². The summed E-state index contributed by atoms with van der Waals surface area (Å²) in [5.74, 6) is 0.627. The van der Waals surface area contributed by atoms with E-state index >= 15 is 0 Å². The van der Waals surface area contributed by atoms with Crippen LogP contribution in [0.15, 0.2) is 18.2 Å². The zero-order valence-electron chi connectivity index (χ0n) is 9.70. The maximum Gasteiger partial charge on any atom is 0.160 e. The van der Waals surface area contributed by atoms with Crippen LogP contribution in [-0.4, -0.2) is 38.6 Å². The third-order valence-electron chi connectivity index (χ3n) is 2.98. The molecule has 2 rings (SSSR count). The molecule has 1 fully saturated rings. The second-order valence-corrected chi connectivity index (χ2v) is 4.73. The quantitative estimate of drug-likeness (QED) is 0.844. The van der Waals surface area contributed by atoms with Gasteiger partial charge in [0.1, 0.15) is 0 Å². The van der Waals surface area contributed by atoms with E-state index in [-0.39, 0.29) is 12.0 Å². The third kappa shape index (κ3) is 2.49. The zero-order chi connectivity index (χ0) is 12.3. The molecule has 1 aliphatic heterocycles. The van der Waals surface area contributed by atoms with Gasteiger partial charge in [-0.3, -0.25) is 0 Å². The second-order valence-electron chi connectivity index (χ2n) is 4.33. The molecule has 2 N–H and O–H groups in total. The van der Waals surface area contributed by atoms with Gasteiger partial charge < -0.3 is 19.9 Å². The van der Waals surface area contributed by atoms with Crippen molar-refractivity contribution in [2.75, 3.05) is 38.8 Å². The Morgan fingerprint density at radius 1 is 1.53 bits per heavy atom. The van der Waals surface area contributed by atoms with E-state index in [9.17, 15) is 5.11 Å². The summed E-state index contributed by atoms with van der Waals surface area (Å²) in [6.45, 7) is 1.92. The molecule has 0 amide bonds. The lowest BCUT2D eigenvalue weighted by atomic mass is 9.87. The maximum absolute atomic E-state index is 9.32. The molecule has 0 aliphatic carbocycles. The highest BCUT2D eigenvalue weighted by atomic mass is 35.5. The number of rotatable bonds is 5. The first-order valence-electron chi connectivity index (χ1n) is 5.46. The number of anilines is 1. The average molecular weight is 258 g/mol. The van der Waals surface area contributed by atoms with E-state index in [1.165, 1.54) is 0 Å². The van der Waals surface area contributed by atoms with Crippen molar-refractivity contribution in [1.82, 2.24) is 0 Å². The predicted molar refractivity (Wildman–Crippen MR) is 66.8 cm³/mol. The molecular formula is C12H16ClNO3. The summed E-state index contributed by atoms with van der Waals surface area (Å²) in [4.78, 5) is 0. The first kappa shape index (κ1) is 12.5. The Morgan fingerprint density at radius 2 is 2.29 bits per heavy atom. The molecule has 0 bridgehead atoms. The number of para-hydroxylation sites is 1. The molecular weight excluding hydrogens is 242 g/mol. The number of benzene rings is 1. The van der Waals surface area contributed by atoms with Crippen LogP contribution in [0.2, 0.25) is 5.02 Å². The summed E-state index contributed by atoms with van der Waals surface area (Å²) in [6.07, 6.45) is 0. The summed E-state index contributed by atoms with van der Waals surface area (Å²) in [5.41, 5.74) is 0.660. The topological polar surface area (TPSA) is 50.7 Å². The molecule has 4 nitrogen and oxygen atoms in total. The largest absolute Gasteiger partial charge is 0.493 e. The van der Waals surface area contributed by atoms with Gasteiger partial charge in [0.2, 0.25) is 0 Å². The van der Waals surface area contributed by atoms with Gasteiger partial charge >= 0.3 is 0 Å². The lowest BCUT2D eigenvalue weighted by Crippen LogP contribution is -2.50. The molecule has 0 unspecified atom stereocenters. The van der Waals surface area contributed by atoms with Crippen LogP contribution in [0, 0.1) is 5.41 Å². The van der Waals surface area contributed by atoms with Crippen molar-refractivity contribution in [2.45, 2.75) is 0 Å². The van der Waals surface area contributed by atoms with E-state index in [1.54, 1.807) is 13.2 Å². The minimum atomic E-state index is -0.173. The maximum atomic E-state index is 9.32. The number of hydrogen-bond acceptors (Lipinski definition) is 4. The van der Waals surface area contributed by atoms with Crippen LogP contribution in [0.4, 0.5) is 5.69 Å². The van der Waals surface area contributed by atoms with Gasteiger partial charge in [-0.05, 0) is 12.1 Å². The standard InChI is InChI=1S/C12H16ClNO3/c1-16-11-9(13)3-2-4-10(11)14-5-12(6-15)7-17-8-12/h2-4,14-15H,5-8H2,1H3. The molecule has 1 aromatic carbocycles. The molecule has 17 heavy (non-hydrogen) atoms. The van der Waals surface area contributed by atoms with Crippen LogP contribution in [0.3, 0.4) is 0 Å². The molecule has 0 atom stereocenters. The summed E-state index contributed by atoms with van der Waals surface area (Å²) in [5, 5.41) is 13.1. The molecule has 1 heterocycles. The lowest BCUT2D eigenvalue weighted by molar-refractivity contribution is -0.128. The number of nitrogens with one attached hydrogen (secondary N) is 1. The number of halogens is 1. The minimum Gasteiger partial charge on any atom is -0.493 e. The predicted octanol–water partition coefficient (Wildman–Crippen LogP) is 1.77. The van der Waals surface area contributed by atoms with Gasteiger partial charge in [0.25, 0.3) is 0 Å². The molecule has 94 valence electrons. The Balaban J connectivity index is 2.06. The van der Waals surface area contributed by atoms with Gasteiger partial charge in [-0.1, -0.05) is 17.7 Å². The summed E-state index contributed by atoms with van der Waals surface area (Å²) < 4.78 is 10.4. The van der Waals surface area contributed by atoms with Gasteiger partial charge in [0, 0.05) is 6.54 Å². The monoisotopic (exact) mass is 257 g/mol. The Bertz CT molecular complexity index is 388. The van der Waals surface area contributed by atoms with Crippen molar-refractivity contribution < 1.29 is 14.6 Å². The van der Waals surface area contributed by atoms with Crippen molar-refractivity contribution >= 4 is 17.3 Å². The van der Waals surface area contributed by atoms with Crippen molar-refractivity contribution in [3.8, 4) is 5.75 Å². The van der Waals surface area contributed by atoms with Crippen molar-refractivity contribution in [3.63, 3.8) is 0 Å². The van der Waals surface area contributed by atoms with Crippen molar-refractivity contribution in [3.05, 3.63) is 23.2 Å². The highest BCUT2D eigenvalue weighted by Crippen LogP contribution is 2.34. The highest BCUT2D eigenvalue weighted by molar-refractivity contribution is 6.32. The van der Waals surface area contributed by atoms with Crippen LogP contribution in [-0.2, 0) is 4.74 Å². The normalized spacial score (nSPS) is 17.4. The number of ether oxygens (including phenoxy) is 2. The summed E-state index contributed by atoms with van der Waals surface area (Å²) >= 11 is 6.02. The van der Waals surface area contributed by atoms with Crippen LogP contribution in [0.1, 0.15) is 0 Å². The third-order valence-corrected chi connectivity index (χ3v) is 3.27. The smallest absolute Gasteiger partial charge is 0.160 e. The average Bonchev–Trinajstić information content (AvgIpc) is 2.28. The molecule has 0 radical (unpaired) electrons. The molecule has 1 aromatic rings. The van der Waals surface area contributed by atoms with Gasteiger partial charge in [-0.25, -0.2) is 0 Å². The molecule has 0 aromatic heterocycles. The highest BCUT2D eigenvalue weighted by Gasteiger charge is 2.38. The Hall–Kier alpha value is -0.970. The number of hydrogen-bond donors (Lipinski definition) is 2. The van der Waals surface area contributed by atoms with Gasteiger partial charge in [0.05, 0.1) is 43.1 Å². The van der Waals surface area contributed by atoms with Crippen LogP contribution >= 0.6 is 11.6 Å². The van der Waals surface area contributed by atoms with Gasteiger partial charge in [0.15, 0.2) is 5.75 Å². The number of aliphatic hydroxyl groups is 1. The molecule has 5 heteroatoms. The van der Waals surface area contributed by atoms with Gasteiger partial charge in [-0.15, -0.1) is 0 Å². The van der Waals surface area contributed by atoms with Crippen LogP contribution < -0.4 is 10.1 Å². The first-order valence-corrected chi connectivity index (χ1v) is 5.83. The summed E-state index contributed by atoms with van der Waals surface area (Å²) in [7, 11) is 1.58. The zero-order valence-corrected chi connectivity index (χ0v) is 10.5. The van der Waals surface area contributed by atoms with E-state index in [4.69, 9.17) is 21.1 Å². The Kier molecular flexibility index (Phi) is 3.76. The fourth-order valence-corrected chi connectivity index (χ4v) is 2.03. The summed E-state index contributed by atoms with van der Waals surface area (Å²) in [6, 6.07) is 5.53. The van der Waals surface area contributed by atoms with Gasteiger partial charge in [-0.2, -0.15) is 0 Å². The number of aliphatic hydroxyl groups excluding tert-OH is 1. The van der Waals surface area contributed by atoms with Crippen molar-refractivity contribution in [2.24, 2.45) is 5.41 Å².